The predicted molar refractivity (Wildman–Crippen MR) is 63.3 cm³/mol. The Morgan fingerprint density at radius 2 is 2.20 bits per heavy atom. The van der Waals surface area contributed by atoms with Gasteiger partial charge in [-0.3, -0.25) is 0 Å². The maximum absolute atomic E-state index is 6.36. The van der Waals surface area contributed by atoms with Gasteiger partial charge in [0.2, 0.25) is 5.95 Å². The van der Waals surface area contributed by atoms with Crippen LogP contribution in [0.1, 0.15) is 32.1 Å². The van der Waals surface area contributed by atoms with Crippen molar-refractivity contribution in [2.75, 3.05) is 5.32 Å². The first-order valence-corrected chi connectivity index (χ1v) is 6.09. The van der Waals surface area contributed by atoms with Crippen LogP contribution < -0.4 is 5.32 Å². The zero-order valence-corrected chi connectivity index (χ0v) is 9.87. The number of nitrogens with zero attached hydrogens (tertiary/aromatic N) is 2. The van der Waals surface area contributed by atoms with Gasteiger partial charge in [0, 0.05) is 25.5 Å². The Bertz CT molecular complexity index is 311. The van der Waals surface area contributed by atoms with Gasteiger partial charge in [-0.15, -0.1) is 11.6 Å². The minimum Gasteiger partial charge on any atom is -0.351 e. The van der Waals surface area contributed by atoms with Crippen LogP contribution in [0.3, 0.4) is 0 Å². The number of hydrogen-bond donors (Lipinski definition) is 1. The molecule has 2 atom stereocenters. The van der Waals surface area contributed by atoms with E-state index in [0.29, 0.717) is 6.04 Å². The van der Waals surface area contributed by atoms with E-state index in [1.807, 2.05) is 24.0 Å². The van der Waals surface area contributed by atoms with E-state index < -0.39 is 0 Å². The number of nitrogens with one attached hydrogen (secondary N) is 1. The third kappa shape index (κ3) is 2.65. The molecule has 2 rings (SSSR count). The molecule has 4 heteroatoms. The Kier molecular flexibility index (Phi) is 3.52. The lowest BCUT2D eigenvalue weighted by molar-refractivity contribution is 0.618. The standard InChI is InChI=1S/C11H18ClN3/c1-15-8-7-13-11(15)14-10-6-4-2-3-5-9(10)12/h7-10H,2-6H2,1H3,(H,13,14). The Morgan fingerprint density at radius 3 is 2.93 bits per heavy atom. The first-order chi connectivity index (χ1) is 7.27. The number of rotatable bonds is 2. The number of alkyl halides is 1. The van der Waals surface area contributed by atoms with Crippen LogP contribution in [0, 0.1) is 0 Å². The fourth-order valence-electron chi connectivity index (χ4n) is 2.10. The molecule has 0 amide bonds. The van der Waals surface area contributed by atoms with E-state index in [9.17, 15) is 0 Å². The SMILES string of the molecule is Cn1ccnc1NC1CCCCCC1Cl. The second kappa shape index (κ2) is 4.88. The second-order valence-electron chi connectivity index (χ2n) is 4.27. The maximum Gasteiger partial charge on any atom is 0.202 e. The third-order valence-electron chi connectivity index (χ3n) is 3.07. The van der Waals surface area contributed by atoms with Crippen molar-refractivity contribution in [2.24, 2.45) is 7.05 Å². The molecule has 0 aliphatic heterocycles. The molecule has 15 heavy (non-hydrogen) atoms. The average molecular weight is 228 g/mol. The van der Waals surface area contributed by atoms with Gasteiger partial charge in [0.25, 0.3) is 0 Å². The maximum atomic E-state index is 6.36. The van der Waals surface area contributed by atoms with Crippen molar-refractivity contribution in [1.82, 2.24) is 9.55 Å². The first-order valence-electron chi connectivity index (χ1n) is 5.65. The molecule has 1 aromatic heterocycles. The summed E-state index contributed by atoms with van der Waals surface area (Å²) >= 11 is 6.36. The van der Waals surface area contributed by atoms with Gasteiger partial charge < -0.3 is 9.88 Å². The highest BCUT2D eigenvalue weighted by Crippen LogP contribution is 2.24. The summed E-state index contributed by atoms with van der Waals surface area (Å²) in [6, 6.07) is 0.371. The van der Waals surface area contributed by atoms with Crippen LogP contribution in [0.15, 0.2) is 12.4 Å². The first kappa shape index (κ1) is 10.8. The number of aromatic nitrogens is 2. The highest BCUT2D eigenvalue weighted by molar-refractivity contribution is 6.21. The minimum atomic E-state index is 0.240. The lowest BCUT2D eigenvalue weighted by atomic mass is 10.1. The van der Waals surface area contributed by atoms with E-state index in [-0.39, 0.29) is 5.38 Å². The number of aryl methyl sites for hydroxylation is 1. The summed E-state index contributed by atoms with van der Waals surface area (Å²) < 4.78 is 1.99. The highest BCUT2D eigenvalue weighted by atomic mass is 35.5. The van der Waals surface area contributed by atoms with Crippen molar-refractivity contribution in [3.63, 3.8) is 0 Å². The zero-order chi connectivity index (χ0) is 10.7. The third-order valence-corrected chi connectivity index (χ3v) is 3.59. The van der Waals surface area contributed by atoms with Gasteiger partial charge in [-0.2, -0.15) is 0 Å². The second-order valence-corrected chi connectivity index (χ2v) is 4.83. The molecule has 1 N–H and O–H groups in total. The van der Waals surface area contributed by atoms with Crippen molar-refractivity contribution in [1.29, 1.82) is 0 Å². The lowest BCUT2D eigenvalue weighted by Crippen LogP contribution is -2.29. The summed E-state index contributed by atoms with van der Waals surface area (Å²) in [5.74, 6) is 0.924. The van der Waals surface area contributed by atoms with Gasteiger partial charge in [0.05, 0.1) is 5.38 Å². The number of hydrogen-bond acceptors (Lipinski definition) is 2. The van der Waals surface area contributed by atoms with Crippen LogP contribution in [0.5, 0.6) is 0 Å². The van der Waals surface area contributed by atoms with Crippen molar-refractivity contribution < 1.29 is 0 Å². The quantitative estimate of drug-likeness (QED) is 0.622. The molecule has 2 unspecified atom stereocenters. The van der Waals surface area contributed by atoms with Gasteiger partial charge in [-0.1, -0.05) is 19.3 Å². The lowest BCUT2D eigenvalue weighted by Gasteiger charge is -2.21. The predicted octanol–water partition coefficient (Wildman–Crippen LogP) is 2.77. The van der Waals surface area contributed by atoms with E-state index in [1.165, 1.54) is 19.3 Å². The van der Waals surface area contributed by atoms with Gasteiger partial charge in [-0.05, 0) is 12.8 Å². The normalized spacial score (nSPS) is 27.3. The molecule has 0 spiro atoms. The summed E-state index contributed by atoms with van der Waals surface area (Å²) in [5, 5.41) is 3.68. The monoisotopic (exact) mass is 227 g/mol. The van der Waals surface area contributed by atoms with Crippen LogP contribution in [-0.2, 0) is 7.05 Å². The van der Waals surface area contributed by atoms with Crippen LogP contribution in [0.2, 0.25) is 0 Å². The molecule has 1 aliphatic carbocycles. The molecule has 0 radical (unpaired) electrons. The van der Waals surface area contributed by atoms with E-state index in [2.05, 4.69) is 10.3 Å². The minimum absolute atomic E-state index is 0.240. The highest BCUT2D eigenvalue weighted by Gasteiger charge is 2.22. The molecular weight excluding hydrogens is 210 g/mol. The Hall–Kier alpha value is -0.700. The van der Waals surface area contributed by atoms with Gasteiger partial charge in [-0.25, -0.2) is 4.98 Å². The average Bonchev–Trinajstić information content (AvgIpc) is 2.50. The summed E-state index contributed by atoms with van der Waals surface area (Å²) in [6.45, 7) is 0. The largest absolute Gasteiger partial charge is 0.351 e. The van der Waals surface area contributed by atoms with Crippen LogP contribution in [-0.4, -0.2) is 21.0 Å². The summed E-state index contributed by atoms with van der Waals surface area (Å²) in [4.78, 5) is 4.27. The molecule has 0 aromatic carbocycles. The molecule has 1 heterocycles. The van der Waals surface area contributed by atoms with E-state index >= 15 is 0 Å². The van der Waals surface area contributed by atoms with Gasteiger partial charge in [0.1, 0.15) is 0 Å². The smallest absolute Gasteiger partial charge is 0.202 e. The van der Waals surface area contributed by atoms with Crippen LogP contribution in [0.4, 0.5) is 5.95 Å². The number of imidazole rings is 1. The summed E-state index contributed by atoms with van der Waals surface area (Å²) in [5.41, 5.74) is 0. The fraction of sp³-hybridized carbons (Fsp3) is 0.727. The molecule has 1 aliphatic rings. The van der Waals surface area contributed by atoms with Crippen molar-refractivity contribution in [3.05, 3.63) is 12.4 Å². The number of anilines is 1. The summed E-state index contributed by atoms with van der Waals surface area (Å²) in [7, 11) is 2.00. The van der Waals surface area contributed by atoms with Crippen LogP contribution in [0.25, 0.3) is 0 Å². The Balaban J connectivity index is 2.00. The zero-order valence-electron chi connectivity index (χ0n) is 9.12. The van der Waals surface area contributed by atoms with E-state index in [0.717, 1.165) is 18.8 Å². The molecule has 1 saturated carbocycles. The fourth-order valence-corrected chi connectivity index (χ4v) is 2.44. The summed E-state index contributed by atoms with van der Waals surface area (Å²) in [6.07, 6.45) is 9.86. The molecule has 1 fully saturated rings. The van der Waals surface area contributed by atoms with E-state index in [1.54, 1.807) is 0 Å². The van der Waals surface area contributed by atoms with Crippen LogP contribution >= 0.6 is 11.6 Å². The Morgan fingerprint density at radius 1 is 1.40 bits per heavy atom. The topological polar surface area (TPSA) is 29.9 Å². The molecule has 0 saturated heterocycles. The molecule has 1 aromatic rings. The van der Waals surface area contributed by atoms with Gasteiger partial charge in [0.15, 0.2) is 0 Å². The molecule has 0 bridgehead atoms. The van der Waals surface area contributed by atoms with Crippen molar-refractivity contribution in [2.45, 2.75) is 43.5 Å². The van der Waals surface area contributed by atoms with Crippen molar-refractivity contribution >= 4 is 17.5 Å². The van der Waals surface area contributed by atoms with E-state index in [4.69, 9.17) is 11.6 Å². The van der Waals surface area contributed by atoms with Crippen molar-refractivity contribution in [3.8, 4) is 0 Å². The Labute approximate surface area is 95.8 Å². The number of halogens is 1. The molecule has 84 valence electrons. The molecular formula is C11H18ClN3. The van der Waals surface area contributed by atoms with Gasteiger partial charge >= 0.3 is 0 Å². The molecule has 3 nitrogen and oxygen atoms in total.